The lowest BCUT2D eigenvalue weighted by Crippen LogP contribution is -2.07. The fraction of sp³-hybridized carbons (Fsp3) is 0.273. The molecule has 5 heteroatoms. The largest absolute Gasteiger partial charge is 0.481 e. The van der Waals surface area contributed by atoms with Crippen LogP contribution in [0.2, 0.25) is 0 Å². The maximum Gasteiger partial charge on any atom is 0.307 e. The third-order valence-electron chi connectivity index (χ3n) is 1.98. The van der Waals surface area contributed by atoms with Crippen molar-refractivity contribution in [2.45, 2.75) is 12.8 Å². The molecular weight excluding hydrogens is 210 g/mol. The third-order valence-corrected chi connectivity index (χ3v) is 1.98. The summed E-state index contributed by atoms with van der Waals surface area (Å²) in [5, 5.41) is 19.9. The number of carboxylic acid groups (broad SMARTS) is 2. The van der Waals surface area contributed by atoms with Crippen molar-refractivity contribution < 1.29 is 19.8 Å². The molecule has 0 fully saturated rings. The van der Waals surface area contributed by atoms with Crippen LogP contribution in [0.15, 0.2) is 24.3 Å². The van der Waals surface area contributed by atoms with Crippen LogP contribution in [0.25, 0.3) is 0 Å². The van der Waals surface area contributed by atoms with Gasteiger partial charge in [0.15, 0.2) is 0 Å². The summed E-state index contributed by atoms with van der Waals surface area (Å²) in [6.07, 6.45) is 0.0479. The second-order valence-electron chi connectivity index (χ2n) is 3.34. The minimum Gasteiger partial charge on any atom is -0.481 e. The second-order valence-corrected chi connectivity index (χ2v) is 3.34. The average molecular weight is 223 g/mol. The first-order valence-electron chi connectivity index (χ1n) is 4.84. The Kier molecular flexibility index (Phi) is 4.32. The predicted molar refractivity (Wildman–Crippen MR) is 58.5 cm³/mol. The quantitative estimate of drug-likeness (QED) is 0.674. The van der Waals surface area contributed by atoms with Gasteiger partial charge in [0.1, 0.15) is 0 Å². The summed E-state index contributed by atoms with van der Waals surface area (Å²) in [7, 11) is 0. The Morgan fingerprint density at radius 3 is 2.19 bits per heavy atom. The minimum absolute atomic E-state index is 0.00456. The van der Waals surface area contributed by atoms with Crippen LogP contribution in [0.4, 0.5) is 5.69 Å². The van der Waals surface area contributed by atoms with Gasteiger partial charge in [0.25, 0.3) is 0 Å². The normalized spacial score (nSPS) is 9.75. The first kappa shape index (κ1) is 12.0. The van der Waals surface area contributed by atoms with E-state index in [0.717, 1.165) is 11.3 Å². The molecular formula is C11H13NO4. The molecule has 5 nitrogen and oxygen atoms in total. The van der Waals surface area contributed by atoms with E-state index in [9.17, 15) is 9.59 Å². The highest BCUT2D eigenvalue weighted by Crippen LogP contribution is 2.09. The van der Waals surface area contributed by atoms with Crippen molar-refractivity contribution in [1.82, 2.24) is 0 Å². The van der Waals surface area contributed by atoms with Gasteiger partial charge in [-0.15, -0.1) is 0 Å². The maximum absolute atomic E-state index is 10.4. The molecule has 0 aliphatic carbocycles. The lowest BCUT2D eigenvalue weighted by molar-refractivity contribution is -0.137. The van der Waals surface area contributed by atoms with Crippen LogP contribution in [0, 0.1) is 0 Å². The first-order chi connectivity index (χ1) is 7.58. The van der Waals surface area contributed by atoms with Crippen molar-refractivity contribution in [3.05, 3.63) is 29.8 Å². The highest BCUT2D eigenvalue weighted by atomic mass is 16.4. The van der Waals surface area contributed by atoms with Crippen molar-refractivity contribution in [2.75, 3.05) is 11.9 Å². The molecule has 0 aromatic heterocycles. The number of benzene rings is 1. The van der Waals surface area contributed by atoms with Gasteiger partial charge in [0.05, 0.1) is 12.8 Å². The number of anilines is 1. The summed E-state index contributed by atoms with van der Waals surface area (Å²) in [5.74, 6) is -1.72. The maximum atomic E-state index is 10.4. The molecule has 0 bridgehead atoms. The zero-order valence-corrected chi connectivity index (χ0v) is 8.64. The average Bonchev–Trinajstić information content (AvgIpc) is 2.19. The van der Waals surface area contributed by atoms with Crippen molar-refractivity contribution in [1.29, 1.82) is 0 Å². The van der Waals surface area contributed by atoms with E-state index in [1.807, 2.05) is 0 Å². The molecule has 1 aromatic carbocycles. The predicted octanol–water partition coefficient (Wildman–Crippen LogP) is 1.20. The van der Waals surface area contributed by atoms with Crippen molar-refractivity contribution in [2.24, 2.45) is 0 Å². The van der Waals surface area contributed by atoms with E-state index < -0.39 is 11.9 Å². The summed E-state index contributed by atoms with van der Waals surface area (Å²) in [4.78, 5) is 20.7. The van der Waals surface area contributed by atoms with Gasteiger partial charge < -0.3 is 15.5 Å². The number of carbonyl (C=O) groups is 2. The van der Waals surface area contributed by atoms with E-state index in [1.165, 1.54) is 0 Å². The highest BCUT2D eigenvalue weighted by molar-refractivity contribution is 5.70. The molecule has 0 unspecified atom stereocenters. The number of hydrogen-bond acceptors (Lipinski definition) is 3. The van der Waals surface area contributed by atoms with E-state index in [-0.39, 0.29) is 12.8 Å². The fourth-order valence-electron chi connectivity index (χ4n) is 1.23. The molecule has 0 heterocycles. The highest BCUT2D eigenvalue weighted by Gasteiger charge is 2.00. The van der Waals surface area contributed by atoms with Gasteiger partial charge in [-0.05, 0) is 17.7 Å². The Labute approximate surface area is 92.7 Å². The molecule has 86 valence electrons. The Morgan fingerprint density at radius 2 is 1.69 bits per heavy atom. The molecule has 0 radical (unpaired) electrons. The van der Waals surface area contributed by atoms with Crippen LogP contribution >= 0.6 is 0 Å². The summed E-state index contributed by atoms with van der Waals surface area (Å²) < 4.78 is 0. The van der Waals surface area contributed by atoms with Crippen LogP contribution in [-0.4, -0.2) is 28.7 Å². The molecule has 1 aromatic rings. The Morgan fingerprint density at radius 1 is 1.06 bits per heavy atom. The van der Waals surface area contributed by atoms with Gasteiger partial charge in [-0.3, -0.25) is 9.59 Å². The van der Waals surface area contributed by atoms with Crippen molar-refractivity contribution >= 4 is 17.6 Å². The van der Waals surface area contributed by atoms with E-state index in [2.05, 4.69) is 5.32 Å². The lowest BCUT2D eigenvalue weighted by atomic mass is 10.1. The lowest BCUT2D eigenvalue weighted by Gasteiger charge is -2.05. The number of nitrogens with one attached hydrogen (secondary N) is 1. The minimum atomic E-state index is -0.869. The molecule has 0 saturated heterocycles. The standard InChI is InChI=1S/C11H13NO4/c13-10(14)5-6-12-9-3-1-8(2-4-9)7-11(15)16/h1-4,12H,5-7H2,(H,13,14)(H,15,16). The second kappa shape index (κ2) is 5.75. The fourth-order valence-corrected chi connectivity index (χ4v) is 1.23. The van der Waals surface area contributed by atoms with Gasteiger partial charge in [0, 0.05) is 12.2 Å². The summed E-state index contributed by atoms with van der Waals surface area (Å²) in [5.41, 5.74) is 1.51. The Bertz CT molecular complexity index is 372. The third kappa shape index (κ3) is 4.45. The molecule has 0 atom stereocenters. The SMILES string of the molecule is O=C(O)CCNc1ccc(CC(=O)O)cc1. The zero-order chi connectivity index (χ0) is 12.0. The number of hydrogen-bond donors (Lipinski definition) is 3. The first-order valence-corrected chi connectivity index (χ1v) is 4.84. The van der Waals surface area contributed by atoms with Crippen molar-refractivity contribution in [3.63, 3.8) is 0 Å². The molecule has 0 aliphatic heterocycles. The van der Waals surface area contributed by atoms with Gasteiger partial charge in [-0.2, -0.15) is 0 Å². The monoisotopic (exact) mass is 223 g/mol. The van der Waals surface area contributed by atoms with Gasteiger partial charge in [0.2, 0.25) is 0 Å². The summed E-state index contributed by atoms with van der Waals surface area (Å²) >= 11 is 0. The van der Waals surface area contributed by atoms with Gasteiger partial charge in [-0.1, -0.05) is 12.1 Å². The summed E-state index contributed by atoms with van der Waals surface area (Å²) in [6, 6.07) is 6.88. The zero-order valence-electron chi connectivity index (χ0n) is 8.64. The Hall–Kier alpha value is -2.04. The van der Waals surface area contributed by atoms with E-state index in [1.54, 1.807) is 24.3 Å². The van der Waals surface area contributed by atoms with Crippen LogP contribution in [0.3, 0.4) is 0 Å². The molecule has 0 amide bonds. The molecule has 0 spiro atoms. The molecule has 0 aliphatic rings. The Balaban J connectivity index is 2.45. The van der Waals surface area contributed by atoms with Crippen LogP contribution in [0.5, 0.6) is 0 Å². The molecule has 1 rings (SSSR count). The number of rotatable bonds is 6. The van der Waals surface area contributed by atoms with Crippen molar-refractivity contribution in [3.8, 4) is 0 Å². The topological polar surface area (TPSA) is 86.6 Å². The van der Waals surface area contributed by atoms with E-state index >= 15 is 0 Å². The summed E-state index contributed by atoms with van der Waals surface area (Å²) in [6.45, 7) is 0.355. The number of carboxylic acids is 2. The molecule has 0 saturated carbocycles. The molecule has 3 N–H and O–H groups in total. The smallest absolute Gasteiger partial charge is 0.307 e. The van der Waals surface area contributed by atoms with Crippen LogP contribution in [0.1, 0.15) is 12.0 Å². The van der Waals surface area contributed by atoms with E-state index in [0.29, 0.717) is 6.54 Å². The number of aliphatic carboxylic acids is 2. The molecule has 16 heavy (non-hydrogen) atoms. The van der Waals surface area contributed by atoms with Crippen LogP contribution in [-0.2, 0) is 16.0 Å². The van der Waals surface area contributed by atoms with E-state index in [4.69, 9.17) is 10.2 Å². The van der Waals surface area contributed by atoms with Gasteiger partial charge in [-0.25, -0.2) is 0 Å². The van der Waals surface area contributed by atoms with Crippen LogP contribution < -0.4 is 5.32 Å². The van der Waals surface area contributed by atoms with Gasteiger partial charge >= 0.3 is 11.9 Å².